The zero-order valence-electron chi connectivity index (χ0n) is 35.1. The van der Waals surface area contributed by atoms with Crippen molar-refractivity contribution in [2.24, 2.45) is 0 Å². The summed E-state index contributed by atoms with van der Waals surface area (Å²) in [7, 11) is 0. The van der Waals surface area contributed by atoms with Crippen molar-refractivity contribution in [3.63, 3.8) is 0 Å². The highest BCUT2D eigenvalue weighted by Crippen LogP contribution is 2.53. The Kier molecular flexibility index (Phi) is 5.75. The summed E-state index contributed by atoms with van der Waals surface area (Å²) in [4.78, 5) is 19.2. The molecule has 0 N–H and O–H groups in total. The van der Waals surface area contributed by atoms with Crippen LogP contribution in [0.1, 0.15) is 33.1 Å². The van der Waals surface area contributed by atoms with E-state index in [-0.39, 0.29) is 11.1 Å². The largest absolute Gasteiger partial charge is 0.455 e. The van der Waals surface area contributed by atoms with E-state index < -0.39 is 19.1 Å². The van der Waals surface area contributed by atoms with Gasteiger partial charge in [-0.25, -0.2) is 19.9 Å². The summed E-state index contributed by atoms with van der Waals surface area (Å²) in [6.07, 6.45) is 0. The fourth-order valence-electron chi connectivity index (χ4n) is 7.93. The summed E-state index contributed by atoms with van der Waals surface area (Å²) < 4.78 is 60.7. The molecule has 55 heavy (non-hydrogen) atoms. The normalized spacial score (nSPS) is 15.1. The van der Waals surface area contributed by atoms with Crippen LogP contribution >= 0.6 is 11.3 Å². The van der Waals surface area contributed by atoms with Crippen molar-refractivity contribution < 1.29 is 12.6 Å². The van der Waals surface area contributed by atoms with Crippen molar-refractivity contribution in [3.8, 4) is 67.5 Å². The third kappa shape index (κ3) is 4.99. The predicted molar refractivity (Wildman–Crippen MR) is 225 cm³/mol. The molecule has 0 saturated heterocycles. The van der Waals surface area contributed by atoms with Gasteiger partial charge in [-0.05, 0) is 46.0 Å². The van der Waals surface area contributed by atoms with Gasteiger partial charge in [0, 0.05) is 57.8 Å². The van der Waals surface area contributed by atoms with Gasteiger partial charge in [0.25, 0.3) is 0 Å². The Bertz CT molecular complexity index is 3290. The number of benzene rings is 7. The number of aromatic nitrogens is 4. The van der Waals surface area contributed by atoms with Crippen molar-refractivity contribution in [3.05, 3.63) is 168 Å². The lowest BCUT2D eigenvalue weighted by Crippen LogP contribution is -2.14. The molecule has 6 heteroatoms. The monoisotopic (exact) mass is 730 g/mol. The summed E-state index contributed by atoms with van der Waals surface area (Å²) in [5.41, 5.74) is 8.84. The molecule has 5 nitrogen and oxygen atoms in total. The molecule has 0 saturated carbocycles. The quantitative estimate of drug-likeness (QED) is 0.176. The lowest BCUT2D eigenvalue weighted by molar-refractivity contribution is 0.660. The van der Waals surface area contributed by atoms with E-state index in [1.165, 1.54) is 11.3 Å². The molecule has 0 bridgehead atoms. The second-order valence-corrected chi connectivity index (χ2v) is 14.6. The fraction of sp³-hybridized carbons (Fsp3) is 0.0612. The maximum absolute atomic E-state index is 8.85. The number of fused-ring (bicyclic) bond motifs is 8. The van der Waals surface area contributed by atoms with Crippen molar-refractivity contribution in [1.82, 2.24) is 19.9 Å². The zero-order chi connectivity index (χ0) is 41.7. The zero-order valence-corrected chi connectivity index (χ0v) is 29.9. The summed E-state index contributed by atoms with van der Waals surface area (Å²) in [6.45, 7) is -5.81. The molecule has 0 aliphatic heterocycles. The van der Waals surface area contributed by atoms with Crippen molar-refractivity contribution in [2.75, 3.05) is 0 Å². The van der Waals surface area contributed by atoms with Gasteiger partial charge in [-0.15, -0.1) is 11.3 Å². The number of rotatable bonds is 5. The molecule has 11 rings (SSSR count). The molecule has 7 aromatic carbocycles. The lowest BCUT2D eigenvalue weighted by Gasteiger charge is -2.22. The standard InChI is InChI=1S/C49H32N4OS/c1-49(2)39-24-25-41-45(55-28-50-41)42(39)38-23-22-32(27-40(38)49)35-19-11-21-37-36-20-10-18-34(43(36)54-44(35)37)31-16-9-17-33(26-31)48-52-46(29-12-5-3-6-13-29)51-47(53-48)30-14-7-4-8-15-30/h3-28H,1-2H3/i1D3,2D3. The average Bonchev–Trinajstić information content (AvgIpc) is 3.99. The number of thiazole rings is 1. The third-order valence-corrected chi connectivity index (χ3v) is 11.4. The highest BCUT2D eigenvalue weighted by Gasteiger charge is 2.37. The topological polar surface area (TPSA) is 64.7 Å². The number of nitrogens with zero attached hydrogens (tertiary/aromatic N) is 4. The van der Waals surface area contributed by atoms with E-state index in [2.05, 4.69) is 11.1 Å². The Morgan fingerprint density at radius 2 is 1.09 bits per heavy atom. The minimum Gasteiger partial charge on any atom is -0.455 e. The van der Waals surface area contributed by atoms with Gasteiger partial charge in [0.05, 0.1) is 15.7 Å². The van der Waals surface area contributed by atoms with Crippen molar-refractivity contribution in [1.29, 1.82) is 0 Å². The van der Waals surface area contributed by atoms with Gasteiger partial charge >= 0.3 is 0 Å². The van der Waals surface area contributed by atoms with Crippen LogP contribution in [0.25, 0.3) is 99.7 Å². The average molecular weight is 731 g/mol. The first kappa shape index (κ1) is 26.1. The maximum atomic E-state index is 8.85. The van der Waals surface area contributed by atoms with Crippen LogP contribution in [0.4, 0.5) is 0 Å². The Morgan fingerprint density at radius 1 is 0.509 bits per heavy atom. The van der Waals surface area contributed by atoms with Crippen LogP contribution < -0.4 is 0 Å². The van der Waals surface area contributed by atoms with E-state index >= 15 is 0 Å². The summed E-state index contributed by atoms with van der Waals surface area (Å²) in [5, 5.41) is 1.77. The first-order valence-electron chi connectivity index (χ1n) is 21.0. The fourth-order valence-corrected chi connectivity index (χ4v) is 8.78. The molecule has 0 radical (unpaired) electrons. The molecule has 3 heterocycles. The van der Waals surface area contributed by atoms with Gasteiger partial charge in [-0.2, -0.15) is 0 Å². The van der Waals surface area contributed by atoms with Crippen LogP contribution in [0.3, 0.4) is 0 Å². The molecule has 3 aromatic heterocycles. The Labute approximate surface area is 330 Å². The van der Waals surface area contributed by atoms with Gasteiger partial charge < -0.3 is 4.42 Å². The molecule has 0 unspecified atom stereocenters. The molecule has 260 valence electrons. The second kappa shape index (κ2) is 12.1. The van der Waals surface area contributed by atoms with E-state index in [1.807, 2.05) is 127 Å². The highest BCUT2D eigenvalue weighted by atomic mass is 32.1. The highest BCUT2D eigenvalue weighted by molar-refractivity contribution is 7.17. The molecule has 1 aliphatic rings. The van der Waals surface area contributed by atoms with Crippen LogP contribution in [0.15, 0.2) is 162 Å². The molecule has 0 fully saturated rings. The van der Waals surface area contributed by atoms with Gasteiger partial charge in [-0.3, -0.25) is 0 Å². The van der Waals surface area contributed by atoms with Crippen LogP contribution in [0.2, 0.25) is 0 Å². The molecule has 1 aliphatic carbocycles. The minimum absolute atomic E-state index is 0.246. The number of para-hydroxylation sites is 2. The maximum Gasteiger partial charge on any atom is 0.164 e. The van der Waals surface area contributed by atoms with Gasteiger partial charge in [0.1, 0.15) is 11.2 Å². The Morgan fingerprint density at radius 3 is 1.75 bits per heavy atom. The molecule has 0 atom stereocenters. The van der Waals surface area contributed by atoms with E-state index in [0.717, 1.165) is 43.3 Å². The summed E-state index contributed by atoms with van der Waals surface area (Å²) in [6, 6.07) is 48.6. The van der Waals surface area contributed by atoms with E-state index in [1.54, 1.807) is 23.7 Å². The van der Waals surface area contributed by atoms with Crippen LogP contribution in [0.5, 0.6) is 0 Å². The van der Waals surface area contributed by atoms with Crippen molar-refractivity contribution >= 4 is 43.5 Å². The van der Waals surface area contributed by atoms with Crippen LogP contribution in [-0.2, 0) is 5.41 Å². The summed E-state index contributed by atoms with van der Waals surface area (Å²) >= 11 is 1.38. The Balaban J connectivity index is 1.06. The van der Waals surface area contributed by atoms with Crippen LogP contribution in [0, 0.1) is 0 Å². The van der Waals surface area contributed by atoms with Crippen LogP contribution in [-0.4, -0.2) is 19.9 Å². The van der Waals surface area contributed by atoms with E-state index in [0.29, 0.717) is 56.4 Å². The molecule has 0 spiro atoms. The molecule has 0 amide bonds. The number of hydrogen-bond donors (Lipinski definition) is 0. The molecular formula is C49H32N4OS. The smallest absolute Gasteiger partial charge is 0.164 e. The number of furan rings is 1. The summed E-state index contributed by atoms with van der Waals surface area (Å²) in [5.74, 6) is 1.68. The van der Waals surface area contributed by atoms with E-state index in [4.69, 9.17) is 27.6 Å². The number of hydrogen-bond acceptors (Lipinski definition) is 6. The predicted octanol–water partition coefficient (Wildman–Crippen LogP) is 13.0. The van der Waals surface area contributed by atoms with E-state index in [9.17, 15) is 0 Å². The lowest BCUT2D eigenvalue weighted by atomic mass is 9.81. The first-order valence-corrected chi connectivity index (χ1v) is 18.8. The van der Waals surface area contributed by atoms with Gasteiger partial charge in [-0.1, -0.05) is 147 Å². The van der Waals surface area contributed by atoms with Gasteiger partial charge in [0.2, 0.25) is 0 Å². The minimum atomic E-state index is -2.91. The van der Waals surface area contributed by atoms with Crippen molar-refractivity contribution in [2.45, 2.75) is 19.1 Å². The second-order valence-electron chi connectivity index (χ2n) is 13.8. The molecule has 10 aromatic rings. The third-order valence-electron chi connectivity index (χ3n) is 10.6. The van der Waals surface area contributed by atoms with Gasteiger partial charge in [0.15, 0.2) is 17.5 Å². The first-order chi connectivity index (χ1) is 29.5. The molecular weight excluding hydrogens is 693 g/mol. The Hall–Kier alpha value is -6.76. The SMILES string of the molecule is [2H]C([2H])([2H])C1(C([2H])([2H])[2H])c2cc(-c3cccc4c3oc3c(-c5cccc(-c6nc(-c7ccccc7)nc(-c7ccccc7)n6)c5)cccc34)ccc2-c2c1ccc1ncsc21.